The fourth-order valence-corrected chi connectivity index (χ4v) is 1.51. The lowest BCUT2D eigenvalue weighted by Gasteiger charge is -2.03. The van der Waals surface area contributed by atoms with Gasteiger partial charge in [-0.05, 0) is 19.1 Å². The van der Waals surface area contributed by atoms with Gasteiger partial charge < -0.3 is 14.9 Å². The Morgan fingerprint density at radius 2 is 1.50 bits per heavy atom. The summed E-state index contributed by atoms with van der Waals surface area (Å²) in [5, 5.41) is 38.2. The van der Waals surface area contributed by atoms with Gasteiger partial charge in [0.1, 0.15) is 0 Å². The molecule has 0 spiro atoms. The minimum absolute atomic E-state index is 0.152. The number of ether oxygens (including phenoxy) is 1. The molecule has 0 aromatic heterocycles. The Kier molecular flexibility index (Phi) is 6.41. The molecule has 2 N–H and O–H groups in total. The van der Waals surface area contributed by atoms with Gasteiger partial charge in [0.15, 0.2) is 23.1 Å². The Bertz CT molecular complexity index is 752. The highest BCUT2D eigenvalue weighted by Crippen LogP contribution is 2.29. The third-order valence-corrected chi connectivity index (χ3v) is 2.59. The van der Waals surface area contributed by atoms with E-state index < -0.39 is 21.4 Å². The molecular weight excluding hydrogens is 327 g/mol. The van der Waals surface area contributed by atoms with E-state index in [0.717, 1.165) is 24.3 Å². The first-order valence-corrected chi connectivity index (χ1v) is 6.49. The fourth-order valence-electron chi connectivity index (χ4n) is 1.51. The molecule has 2 aromatic rings. The van der Waals surface area contributed by atoms with Gasteiger partial charge in [0.05, 0.1) is 28.6 Å². The maximum absolute atomic E-state index is 12.3. The van der Waals surface area contributed by atoms with E-state index in [4.69, 9.17) is 9.84 Å². The minimum Gasteiger partial charge on any atom is -0.505 e. The molecule has 2 aromatic carbocycles. The van der Waals surface area contributed by atoms with Gasteiger partial charge in [-0.25, -0.2) is 4.39 Å². The summed E-state index contributed by atoms with van der Waals surface area (Å²) < 4.78 is 17.3. The highest BCUT2D eigenvalue weighted by atomic mass is 19.1. The van der Waals surface area contributed by atoms with Crippen molar-refractivity contribution in [3.05, 3.63) is 62.4 Å². The highest BCUT2D eigenvalue weighted by molar-refractivity contribution is 5.47. The van der Waals surface area contributed by atoms with Gasteiger partial charge in [-0.15, -0.1) is 0 Å². The smallest absolute Gasteiger partial charge is 0.273 e. The number of non-ortho nitro benzene ring substituents is 2. The van der Waals surface area contributed by atoms with Crippen molar-refractivity contribution in [2.75, 3.05) is 6.61 Å². The van der Waals surface area contributed by atoms with Gasteiger partial charge in [-0.2, -0.15) is 0 Å². The Morgan fingerprint density at radius 3 is 1.92 bits per heavy atom. The van der Waals surface area contributed by atoms with E-state index >= 15 is 0 Å². The first kappa shape index (κ1) is 18.6. The number of phenolic OH excluding ortho intramolecular Hbond substituents is 2. The van der Waals surface area contributed by atoms with E-state index in [1.165, 1.54) is 12.1 Å². The van der Waals surface area contributed by atoms with Crippen LogP contribution in [0.25, 0.3) is 0 Å². The van der Waals surface area contributed by atoms with Crippen LogP contribution in [0, 0.1) is 26.0 Å². The summed E-state index contributed by atoms with van der Waals surface area (Å²) >= 11 is 0. The maximum atomic E-state index is 12.3. The van der Waals surface area contributed by atoms with Crippen LogP contribution in [-0.2, 0) is 0 Å². The SMILES string of the molecule is CCOc1ccc([N+](=O)[O-])cc1O.O=[N+]([O-])c1ccc(F)c(O)c1. The molecule has 10 heteroatoms. The van der Waals surface area contributed by atoms with Crippen molar-refractivity contribution >= 4 is 11.4 Å². The van der Waals surface area contributed by atoms with Crippen LogP contribution in [0.2, 0.25) is 0 Å². The molecule has 0 unspecified atom stereocenters. The van der Waals surface area contributed by atoms with Crippen molar-refractivity contribution in [2.45, 2.75) is 6.92 Å². The number of nitrogens with zero attached hydrogens (tertiary/aromatic N) is 2. The summed E-state index contributed by atoms with van der Waals surface area (Å²) in [5.41, 5.74) is -0.482. The molecule has 24 heavy (non-hydrogen) atoms. The van der Waals surface area contributed by atoms with Crippen molar-refractivity contribution in [1.29, 1.82) is 0 Å². The Hall–Kier alpha value is -3.43. The normalized spacial score (nSPS) is 9.58. The van der Waals surface area contributed by atoms with Gasteiger partial charge in [0, 0.05) is 12.1 Å². The molecule has 0 radical (unpaired) electrons. The van der Waals surface area contributed by atoms with Crippen LogP contribution in [0.4, 0.5) is 15.8 Å². The van der Waals surface area contributed by atoms with Crippen LogP contribution in [-0.4, -0.2) is 26.7 Å². The molecule has 0 bridgehead atoms. The number of nitro benzene ring substituents is 2. The Morgan fingerprint density at radius 1 is 1.00 bits per heavy atom. The lowest BCUT2D eigenvalue weighted by molar-refractivity contribution is -0.385. The summed E-state index contributed by atoms with van der Waals surface area (Å²) in [4.78, 5) is 19.0. The van der Waals surface area contributed by atoms with Crippen LogP contribution in [0.5, 0.6) is 17.2 Å². The summed E-state index contributed by atoms with van der Waals surface area (Å²) in [5.74, 6) is -1.53. The second-order valence-corrected chi connectivity index (χ2v) is 4.23. The van der Waals surface area contributed by atoms with Gasteiger partial charge in [0.2, 0.25) is 0 Å². The summed E-state index contributed by atoms with van der Waals surface area (Å²) in [6, 6.07) is 6.30. The van der Waals surface area contributed by atoms with Crippen molar-refractivity contribution < 1.29 is 29.2 Å². The molecule has 0 atom stereocenters. The van der Waals surface area contributed by atoms with E-state index in [1.54, 1.807) is 6.92 Å². The van der Waals surface area contributed by atoms with E-state index in [0.29, 0.717) is 6.61 Å². The van der Waals surface area contributed by atoms with Gasteiger partial charge in [0.25, 0.3) is 11.4 Å². The van der Waals surface area contributed by atoms with Crippen molar-refractivity contribution in [2.24, 2.45) is 0 Å². The first-order chi connectivity index (χ1) is 11.3. The topological polar surface area (TPSA) is 136 Å². The van der Waals surface area contributed by atoms with Gasteiger partial charge in [-0.1, -0.05) is 0 Å². The number of rotatable bonds is 4. The standard InChI is InChI=1S/C8H9NO4.C6H4FNO3/c1-2-13-8-4-3-6(9(11)12)5-7(8)10;7-5-2-1-4(8(10)11)3-6(5)9/h3-5,10H,2H2,1H3;1-3,9H. The number of hydrogen-bond acceptors (Lipinski definition) is 7. The van der Waals surface area contributed by atoms with Crippen molar-refractivity contribution in [3.63, 3.8) is 0 Å². The van der Waals surface area contributed by atoms with Gasteiger partial charge in [-0.3, -0.25) is 20.2 Å². The third-order valence-electron chi connectivity index (χ3n) is 2.59. The lowest BCUT2D eigenvalue weighted by Crippen LogP contribution is -1.93. The predicted octanol–water partition coefficient (Wildman–Crippen LogP) is 3.14. The van der Waals surface area contributed by atoms with Crippen molar-refractivity contribution in [3.8, 4) is 17.2 Å². The molecule has 0 aliphatic heterocycles. The predicted molar refractivity (Wildman–Crippen MR) is 80.6 cm³/mol. The number of halogens is 1. The molecule has 0 saturated carbocycles. The zero-order chi connectivity index (χ0) is 18.3. The molecule has 9 nitrogen and oxygen atoms in total. The third kappa shape index (κ3) is 5.09. The quantitative estimate of drug-likeness (QED) is 0.644. The van der Waals surface area contributed by atoms with Gasteiger partial charge >= 0.3 is 0 Å². The molecule has 0 aliphatic rings. The van der Waals surface area contributed by atoms with Crippen LogP contribution in [0.15, 0.2) is 36.4 Å². The van der Waals surface area contributed by atoms with Crippen LogP contribution in [0.1, 0.15) is 6.92 Å². The second-order valence-electron chi connectivity index (χ2n) is 4.23. The number of hydrogen-bond donors (Lipinski definition) is 2. The average Bonchev–Trinajstić information content (AvgIpc) is 2.52. The van der Waals surface area contributed by atoms with E-state index in [1.807, 2.05) is 0 Å². The molecule has 0 heterocycles. The number of aromatic hydroxyl groups is 2. The number of nitro groups is 2. The average molecular weight is 340 g/mol. The molecular formula is C14H13FN2O7. The molecule has 0 aliphatic carbocycles. The van der Waals surface area contributed by atoms with Crippen LogP contribution < -0.4 is 4.74 Å². The second kappa shape index (κ2) is 8.27. The lowest BCUT2D eigenvalue weighted by atomic mass is 10.3. The maximum Gasteiger partial charge on any atom is 0.273 e. The summed E-state index contributed by atoms with van der Waals surface area (Å²) in [6.07, 6.45) is 0. The fraction of sp³-hybridized carbons (Fsp3) is 0.143. The van der Waals surface area contributed by atoms with Crippen LogP contribution in [0.3, 0.4) is 0 Å². The highest BCUT2D eigenvalue weighted by Gasteiger charge is 2.10. The summed E-state index contributed by atoms with van der Waals surface area (Å²) in [6.45, 7) is 2.17. The van der Waals surface area contributed by atoms with E-state index in [-0.39, 0.29) is 22.9 Å². The summed E-state index contributed by atoms with van der Waals surface area (Å²) in [7, 11) is 0. The first-order valence-electron chi connectivity index (χ1n) is 6.49. The van der Waals surface area contributed by atoms with Crippen molar-refractivity contribution in [1.82, 2.24) is 0 Å². The zero-order valence-corrected chi connectivity index (χ0v) is 12.4. The molecule has 2 rings (SSSR count). The molecule has 0 amide bonds. The zero-order valence-electron chi connectivity index (χ0n) is 12.4. The Labute approximate surface area is 134 Å². The number of phenols is 2. The molecule has 0 fully saturated rings. The monoisotopic (exact) mass is 340 g/mol. The van der Waals surface area contributed by atoms with E-state index in [9.17, 15) is 29.7 Å². The largest absolute Gasteiger partial charge is 0.505 e. The molecule has 128 valence electrons. The molecule has 0 saturated heterocycles. The minimum atomic E-state index is -0.865. The Balaban J connectivity index is 0.000000243. The number of benzene rings is 2. The van der Waals surface area contributed by atoms with E-state index in [2.05, 4.69) is 0 Å². The van der Waals surface area contributed by atoms with Crippen LogP contribution >= 0.6 is 0 Å².